The number of likely N-dealkylation sites (tertiary alicyclic amines) is 1. The number of aromatic nitrogens is 3. The Bertz CT molecular complexity index is 1600. The molecule has 2 aromatic heterocycles. The van der Waals surface area contributed by atoms with Gasteiger partial charge in [0.05, 0.1) is 28.4 Å². The van der Waals surface area contributed by atoms with Crippen molar-refractivity contribution in [2.75, 3.05) is 39.1 Å². The van der Waals surface area contributed by atoms with Gasteiger partial charge in [0.15, 0.2) is 12.4 Å². The predicted molar refractivity (Wildman–Crippen MR) is 137 cm³/mol. The smallest absolute Gasteiger partial charge is 0.422 e. The van der Waals surface area contributed by atoms with E-state index in [1.165, 1.54) is 44.6 Å². The highest BCUT2D eigenvalue weighted by Crippen LogP contribution is 2.37. The van der Waals surface area contributed by atoms with Gasteiger partial charge in [0.1, 0.15) is 5.39 Å². The number of H-pyrrole nitrogens is 1. The summed E-state index contributed by atoms with van der Waals surface area (Å²) in [5.41, 5.74) is -0.575. The van der Waals surface area contributed by atoms with Crippen LogP contribution in [-0.4, -0.2) is 78.4 Å². The van der Waals surface area contributed by atoms with Crippen molar-refractivity contribution in [3.8, 4) is 6.07 Å². The number of hydrogen-bond donors (Lipinski definition) is 2. The number of carbonyl (C=O) groups excluding carboxylic acids is 1. The first-order chi connectivity index (χ1) is 18.8. The molecule has 1 amide bonds. The number of nitrogens with one attached hydrogen (secondary N) is 2. The molecule has 3 aromatic rings. The van der Waals surface area contributed by atoms with Gasteiger partial charge in [-0.05, 0) is 43.2 Å². The van der Waals surface area contributed by atoms with E-state index in [0.29, 0.717) is 11.2 Å². The molecule has 4 rings (SSSR count). The largest absolute Gasteiger partial charge is 0.440 e. The number of ether oxygens (including phenoxy) is 1. The maximum absolute atomic E-state index is 12.8. The Labute approximate surface area is 227 Å². The lowest BCUT2D eigenvalue weighted by Crippen LogP contribution is -2.48. The van der Waals surface area contributed by atoms with Crippen LogP contribution in [0.5, 0.6) is 0 Å². The molecule has 0 atom stereocenters. The number of piperidine rings is 1. The van der Waals surface area contributed by atoms with E-state index in [-0.39, 0.29) is 48.5 Å². The lowest BCUT2D eigenvalue weighted by atomic mass is 9.85. The van der Waals surface area contributed by atoms with Crippen LogP contribution in [0, 0.1) is 11.3 Å². The summed E-state index contributed by atoms with van der Waals surface area (Å²) in [6.07, 6.45) is -4.03. The standard InChI is InChI=1S/C24H26F3N7O5S/c1-32(2)40(37,38)17-5-3-16(4-6-17)30-20-19-18(7-12-29-21(19)35)34(31-20)23(8-11-28)9-13-33(14-10-23)22(36)39-15-24(25,26)27/h3-7,12H,8-10,13-15H2,1-2H3,(H,29,35)(H,30,31). The van der Waals surface area contributed by atoms with E-state index in [1.54, 1.807) is 10.7 Å². The predicted octanol–water partition coefficient (Wildman–Crippen LogP) is 3.12. The third-order valence-electron chi connectivity index (χ3n) is 6.67. The molecular weight excluding hydrogens is 555 g/mol. The van der Waals surface area contributed by atoms with Crippen LogP contribution in [0.15, 0.2) is 46.2 Å². The lowest BCUT2D eigenvalue weighted by molar-refractivity contribution is -0.162. The highest BCUT2D eigenvalue weighted by Gasteiger charge is 2.41. The fraction of sp³-hybridized carbons (Fsp3) is 0.417. The number of aromatic amines is 1. The number of halogens is 3. The summed E-state index contributed by atoms with van der Waals surface area (Å²) in [4.78, 5) is 28.8. The normalized spacial score (nSPS) is 15.7. The monoisotopic (exact) mass is 581 g/mol. The zero-order valence-corrected chi connectivity index (χ0v) is 22.3. The second-order valence-corrected chi connectivity index (χ2v) is 11.6. The first-order valence-electron chi connectivity index (χ1n) is 12.0. The quantitative estimate of drug-likeness (QED) is 0.432. The van der Waals surface area contributed by atoms with Gasteiger partial charge in [-0.3, -0.25) is 9.48 Å². The van der Waals surface area contributed by atoms with Crippen LogP contribution in [0.25, 0.3) is 10.9 Å². The average molecular weight is 582 g/mol. The number of amides is 1. The van der Waals surface area contributed by atoms with Crippen LogP contribution in [-0.2, 0) is 20.3 Å². The summed E-state index contributed by atoms with van der Waals surface area (Å²) in [7, 11) is -0.814. The number of rotatable bonds is 7. The maximum atomic E-state index is 12.8. The Morgan fingerprint density at radius 1 is 1.23 bits per heavy atom. The Balaban J connectivity index is 1.65. The summed E-state index contributed by atoms with van der Waals surface area (Å²) < 4.78 is 69.1. The van der Waals surface area contributed by atoms with Gasteiger partial charge >= 0.3 is 12.3 Å². The summed E-state index contributed by atoms with van der Waals surface area (Å²) in [5, 5.41) is 17.5. The number of fused-ring (bicyclic) bond motifs is 1. The van der Waals surface area contributed by atoms with Crippen molar-refractivity contribution >= 4 is 38.5 Å². The first kappa shape index (κ1) is 28.9. The molecule has 40 heavy (non-hydrogen) atoms. The highest BCUT2D eigenvalue weighted by atomic mass is 32.2. The number of nitrogens with zero attached hydrogens (tertiary/aromatic N) is 5. The fourth-order valence-electron chi connectivity index (χ4n) is 4.54. The third kappa shape index (κ3) is 5.75. The van der Waals surface area contributed by atoms with E-state index < -0.39 is 40.0 Å². The second kappa shape index (κ2) is 10.8. The highest BCUT2D eigenvalue weighted by molar-refractivity contribution is 7.89. The maximum Gasteiger partial charge on any atom is 0.422 e. The number of sulfonamides is 1. The van der Waals surface area contributed by atoms with Crippen molar-refractivity contribution in [1.29, 1.82) is 5.26 Å². The SMILES string of the molecule is CN(C)S(=O)(=O)c1ccc(Nc2nn(C3(CC#N)CCN(C(=O)OCC(F)(F)F)CC3)c3cc[nH]c(=O)c23)cc1. The molecule has 12 nitrogen and oxygen atoms in total. The Morgan fingerprint density at radius 3 is 2.45 bits per heavy atom. The van der Waals surface area contributed by atoms with Gasteiger partial charge < -0.3 is 19.9 Å². The molecule has 0 saturated carbocycles. The van der Waals surface area contributed by atoms with Gasteiger partial charge in [0, 0.05) is 39.1 Å². The van der Waals surface area contributed by atoms with Gasteiger partial charge in [-0.15, -0.1) is 0 Å². The third-order valence-corrected chi connectivity index (χ3v) is 8.50. The van der Waals surface area contributed by atoms with Gasteiger partial charge in [-0.1, -0.05) is 0 Å². The van der Waals surface area contributed by atoms with Crippen LogP contribution in [0.1, 0.15) is 19.3 Å². The molecule has 0 spiro atoms. The summed E-state index contributed by atoms with van der Waals surface area (Å²) in [5.74, 6) is 0.157. The molecule has 16 heteroatoms. The van der Waals surface area contributed by atoms with Crippen LogP contribution in [0.4, 0.5) is 29.5 Å². The number of hydrogen-bond acceptors (Lipinski definition) is 8. The molecule has 0 radical (unpaired) electrons. The van der Waals surface area contributed by atoms with Crippen molar-refractivity contribution in [1.82, 2.24) is 24.0 Å². The van der Waals surface area contributed by atoms with E-state index in [4.69, 9.17) is 0 Å². The van der Waals surface area contributed by atoms with Gasteiger partial charge in [-0.2, -0.15) is 23.5 Å². The Hall–Kier alpha value is -4.10. The minimum absolute atomic E-state index is 0.00743. The molecular formula is C24H26F3N7O5S. The molecule has 1 saturated heterocycles. The number of carbonyl (C=O) groups is 1. The topological polar surface area (TPSA) is 153 Å². The van der Waals surface area contributed by atoms with Crippen LogP contribution in [0.3, 0.4) is 0 Å². The van der Waals surface area contributed by atoms with Gasteiger partial charge in [0.2, 0.25) is 10.0 Å². The molecule has 0 bridgehead atoms. The van der Waals surface area contributed by atoms with E-state index in [9.17, 15) is 36.4 Å². The van der Waals surface area contributed by atoms with Crippen molar-refractivity contribution in [2.24, 2.45) is 0 Å². The number of pyridine rings is 1. The van der Waals surface area contributed by atoms with Crippen molar-refractivity contribution in [2.45, 2.75) is 35.9 Å². The minimum Gasteiger partial charge on any atom is -0.440 e. The van der Waals surface area contributed by atoms with E-state index in [0.717, 1.165) is 9.21 Å². The zero-order valence-electron chi connectivity index (χ0n) is 21.5. The Morgan fingerprint density at radius 2 is 1.88 bits per heavy atom. The minimum atomic E-state index is -4.65. The lowest BCUT2D eigenvalue weighted by Gasteiger charge is -2.40. The number of benzene rings is 1. The van der Waals surface area contributed by atoms with Gasteiger partial charge in [0.25, 0.3) is 5.56 Å². The number of alkyl halides is 3. The molecule has 214 valence electrons. The molecule has 3 heterocycles. The van der Waals surface area contributed by atoms with Crippen LogP contribution in [0.2, 0.25) is 0 Å². The molecule has 1 aromatic carbocycles. The molecule has 1 aliphatic rings. The summed E-state index contributed by atoms with van der Waals surface area (Å²) >= 11 is 0. The molecule has 1 aliphatic heterocycles. The average Bonchev–Trinajstić information content (AvgIpc) is 3.28. The fourth-order valence-corrected chi connectivity index (χ4v) is 5.44. The number of anilines is 2. The van der Waals surface area contributed by atoms with Crippen molar-refractivity contribution in [3.05, 3.63) is 46.9 Å². The molecule has 2 N–H and O–H groups in total. The molecule has 0 aliphatic carbocycles. The van der Waals surface area contributed by atoms with Crippen LogP contribution >= 0.6 is 0 Å². The van der Waals surface area contributed by atoms with E-state index in [1.807, 2.05) is 0 Å². The van der Waals surface area contributed by atoms with E-state index in [2.05, 4.69) is 26.2 Å². The van der Waals surface area contributed by atoms with Crippen molar-refractivity contribution < 1.29 is 31.1 Å². The second-order valence-electron chi connectivity index (χ2n) is 9.48. The zero-order chi connectivity index (χ0) is 29.3. The Kier molecular flexibility index (Phi) is 7.81. The van der Waals surface area contributed by atoms with Crippen molar-refractivity contribution in [3.63, 3.8) is 0 Å². The molecule has 1 fully saturated rings. The van der Waals surface area contributed by atoms with Gasteiger partial charge in [-0.25, -0.2) is 17.5 Å². The first-order valence-corrected chi connectivity index (χ1v) is 13.5. The van der Waals surface area contributed by atoms with E-state index >= 15 is 0 Å². The number of nitriles is 1. The summed E-state index contributed by atoms with van der Waals surface area (Å²) in [6.45, 7) is -1.68. The summed E-state index contributed by atoms with van der Waals surface area (Å²) in [6, 6.07) is 9.60. The van der Waals surface area contributed by atoms with Crippen LogP contribution < -0.4 is 10.9 Å². The molecule has 0 unspecified atom stereocenters.